The van der Waals surface area contributed by atoms with E-state index in [0.29, 0.717) is 17.8 Å². The van der Waals surface area contributed by atoms with Crippen molar-refractivity contribution in [2.75, 3.05) is 6.54 Å². The number of nitrogens with two attached hydrogens (primary N) is 1. The summed E-state index contributed by atoms with van der Waals surface area (Å²) in [5, 5.41) is 0. The molecule has 0 bridgehead atoms. The predicted octanol–water partition coefficient (Wildman–Crippen LogP) is 5.26. The molecule has 1 amide bonds. The number of guanidine groups is 1. The minimum atomic E-state index is -0.555. The van der Waals surface area contributed by atoms with E-state index in [1.807, 2.05) is 4.90 Å². The summed E-state index contributed by atoms with van der Waals surface area (Å²) >= 11 is 0. The van der Waals surface area contributed by atoms with Gasteiger partial charge in [0.15, 0.2) is 5.96 Å². The quantitative estimate of drug-likeness (QED) is 0.629. The number of carbonyl (C=O) groups excluding carboxylic acids is 1. The molecule has 2 fully saturated rings. The molecule has 4 nitrogen and oxygen atoms in total. The molecule has 0 aromatic rings. The first-order chi connectivity index (χ1) is 13.0. The van der Waals surface area contributed by atoms with Gasteiger partial charge in [0.2, 0.25) is 0 Å². The second kappa shape index (κ2) is 9.43. The van der Waals surface area contributed by atoms with E-state index in [0.717, 1.165) is 38.1 Å². The van der Waals surface area contributed by atoms with Crippen LogP contribution in [0.1, 0.15) is 104 Å². The molecule has 1 heterocycles. The van der Waals surface area contributed by atoms with Gasteiger partial charge in [0, 0.05) is 6.54 Å². The molecule has 0 spiro atoms. The monoisotopic (exact) mass is 375 g/mol. The first kappa shape index (κ1) is 20.7. The van der Waals surface area contributed by atoms with Gasteiger partial charge in [-0.05, 0) is 43.4 Å². The van der Waals surface area contributed by atoms with E-state index in [-0.39, 0.29) is 5.91 Å². The van der Waals surface area contributed by atoms with E-state index in [9.17, 15) is 4.79 Å². The molecule has 2 saturated carbocycles. The van der Waals surface area contributed by atoms with Gasteiger partial charge in [-0.15, -0.1) is 0 Å². The van der Waals surface area contributed by atoms with Gasteiger partial charge in [-0.1, -0.05) is 78.1 Å². The van der Waals surface area contributed by atoms with E-state index in [4.69, 9.17) is 10.7 Å². The van der Waals surface area contributed by atoms with Crippen molar-refractivity contribution in [2.24, 2.45) is 28.5 Å². The zero-order chi connectivity index (χ0) is 19.3. The van der Waals surface area contributed by atoms with E-state index >= 15 is 0 Å². The van der Waals surface area contributed by atoms with Crippen LogP contribution in [-0.4, -0.2) is 28.9 Å². The van der Waals surface area contributed by atoms with Gasteiger partial charge in [0.05, 0.1) is 0 Å². The van der Waals surface area contributed by atoms with Crippen LogP contribution in [0.5, 0.6) is 0 Å². The largest absolute Gasteiger partial charge is 0.369 e. The summed E-state index contributed by atoms with van der Waals surface area (Å²) in [6, 6.07) is 0. The van der Waals surface area contributed by atoms with Gasteiger partial charge >= 0.3 is 0 Å². The van der Waals surface area contributed by atoms with Crippen LogP contribution in [0.4, 0.5) is 0 Å². The Morgan fingerprint density at radius 3 is 2.22 bits per heavy atom. The summed E-state index contributed by atoms with van der Waals surface area (Å²) in [5.41, 5.74) is 5.75. The highest BCUT2D eigenvalue weighted by molar-refractivity contribution is 6.06. The first-order valence-corrected chi connectivity index (χ1v) is 11.7. The predicted molar refractivity (Wildman–Crippen MR) is 113 cm³/mol. The van der Waals surface area contributed by atoms with Crippen LogP contribution in [0.2, 0.25) is 0 Å². The van der Waals surface area contributed by atoms with Crippen molar-refractivity contribution in [1.29, 1.82) is 0 Å². The van der Waals surface area contributed by atoms with Gasteiger partial charge in [-0.3, -0.25) is 9.69 Å². The Kier molecular flexibility index (Phi) is 7.22. The molecular formula is C23H41N3O. The molecule has 0 aromatic carbocycles. The van der Waals surface area contributed by atoms with Crippen LogP contribution in [0.3, 0.4) is 0 Å². The molecule has 1 aliphatic heterocycles. The maximum Gasteiger partial charge on any atom is 0.257 e. The molecule has 0 saturated heterocycles. The van der Waals surface area contributed by atoms with Crippen LogP contribution >= 0.6 is 0 Å². The second-order valence-electron chi connectivity index (χ2n) is 9.89. The smallest absolute Gasteiger partial charge is 0.257 e. The van der Waals surface area contributed by atoms with Crippen LogP contribution in [0.15, 0.2) is 4.99 Å². The van der Waals surface area contributed by atoms with Crippen molar-refractivity contribution in [3.05, 3.63) is 0 Å². The van der Waals surface area contributed by atoms with E-state index in [1.54, 1.807) is 0 Å². The minimum absolute atomic E-state index is 0.210. The Bertz CT molecular complexity index is 518. The third-order valence-corrected chi connectivity index (χ3v) is 7.22. The fourth-order valence-electron chi connectivity index (χ4n) is 5.47. The number of amides is 1. The van der Waals surface area contributed by atoms with Crippen LogP contribution in [0.25, 0.3) is 0 Å². The molecule has 0 radical (unpaired) electrons. The Morgan fingerprint density at radius 2 is 1.63 bits per heavy atom. The standard InChI is InChI=1S/C23H41N3O/c1-18(2)14-16-26-21(27)23(25-22(26)24,17-20-11-7-4-8-12-20)15-13-19-9-5-3-6-10-19/h18-20H,3-17H2,1-2H3,(H2,24,25). The summed E-state index contributed by atoms with van der Waals surface area (Å²) in [6.07, 6.45) is 17.3. The molecule has 2 aliphatic carbocycles. The number of nitrogens with zero attached hydrogens (tertiary/aromatic N) is 2. The molecule has 154 valence electrons. The third-order valence-electron chi connectivity index (χ3n) is 7.22. The Morgan fingerprint density at radius 1 is 1.04 bits per heavy atom. The first-order valence-electron chi connectivity index (χ1n) is 11.7. The van der Waals surface area contributed by atoms with Crippen molar-refractivity contribution in [3.8, 4) is 0 Å². The van der Waals surface area contributed by atoms with Crippen molar-refractivity contribution < 1.29 is 4.79 Å². The maximum atomic E-state index is 13.5. The van der Waals surface area contributed by atoms with Crippen molar-refractivity contribution >= 4 is 11.9 Å². The van der Waals surface area contributed by atoms with Gasteiger partial charge in [0.25, 0.3) is 5.91 Å². The van der Waals surface area contributed by atoms with Gasteiger partial charge in [-0.2, -0.15) is 0 Å². The van der Waals surface area contributed by atoms with Crippen molar-refractivity contribution in [3.63, 3.8) is 0 Å². The topological polar surface area (TPSA) is 58.7 Å². The molecule has 2 N–H and O–H groups in total. The molecule has 3 rings (SSSR count). The summed E-state index contributed by atoms with van der Waals surface area (Å²) in [4.78, 5) is 20.2. The van der Waals surface area contributed by atoms with Crippen molar-refractivity contribution in [2.45, 2.75) is 109 Å². The SMILES string of the molecule is CC(C)CCN1C(=O)C(CCC2CCCCC2)(CC2CCCCC2)N=C1N. The minimum Gasteiger partial charge on any atom is -0.369 e. The van der Waals surface area contributed by atoms with Gasteiger partial charge in [0.1, 0.15) is 5.54 Å². The molecule has 3 aliphatic rings. The van der Waals surface area contributed by atoms with Crippen LogP contribution in [-0.2, 0) is 4.79 Å². The fraction of sp³-hybridized carbons (Fsp3) is 0.913. The highest BCUT2D eigenvalue weighted by atomic mass is 16.2. The number of carbonyl (C=O) groups is 1. The summed E-state index contributed by atoms with van der Waals surface area (Å²) in [5.74, 6) is 2.70. The summed E-state index contributed by atoms with van der Waals surface area (Å²) in [6.45, 7) is 5.13. The molecule has 4 heteroatoms. The average Bonchev–Trinajstić information content (AvgIpc) is 2.90. The molecule has 1 atom stereocenters. The average molecular weight is 376 g/mol. The zero-order valence-electron chi connectivity index (χ0n) is 17.7. The lowest BCUT2D eigenvalue weighted by Crippen LogP contribution is -2.46. The van der Waals surface area contributed by atoms with E-state index in [1.165, 1.54) is 64.2 Å². The number of hydrogen-bond acceptors (Lipinski definition) is 3. The molecular weight excluding hydrogens is 334 g/mol. The number of hydrogen-bond donors (Lipinski definition) is 1. The Balaban J connectivity index is 1.71. The lowest BCUT2D eigenvalue weighted by Gasteiger charge is -2.33. The third kappa shape index (κ3) is 5.26. The van der Waals surface area contributed by atoms with Crippen LogP contribution in [0, 0.1) is 17.8 Å². The normalized spacial score (nSPS) is 28.2. The van der Waals surface area contributed by atoms with Crippen molar-refractivity contribution in [1.82, 2.24) is 4.90 Å². The summed E-state index contributed by atoms with van der Waals surface area (Å²) in [7, 11) is 0. The zero-order valence-corrected chi connectivity index (χ0v) is 17.7. The van der Waals surface area contributed by atoms with E-state index in [2.05, 4.69) is 13.8 Å². The van der Waals surface area contributed by atoms with Gasteiger partial charge < -0.3 is 5.73 Å². The number of aliphatic imine (C=N–C) groups is 1. The summed E-state index contributed by atoms with van der Waals surface area (Å²) < 4.78 is 0. The molecule has 0 aromatic heterocycles. The number of rotatable bonds is 8. The molecule has 27 heavy (non-hydrogen) atoms. The highest BCUT2D eigenvalue weighted by Crippen LogP contribution is 2.40. The van der Waals surface area contributed by atoms with Crippen LogP contribution < -0.4 is 5.73 Å². The highest BCUT2D eigenvalue weighted by Gasteiger charge is 2.48. The second-order valence-corrected chi connectivity index (χ2v) is 9.89. The fourth-order valence-corrected chi connectivity index (χ4v) is 5.47. The lowest BCUT2D eigenvalue weighted by atomic mass is 9.75. The Hall–Kier alpha value is -1.06. The lowest BCUT2D eigenvalue weighted by molar-refractivity contribution is -0.132. The molecule has 1 unspecified atom stereocenters. The Labute approximate surface area is 166 Å². The van der Waals surface area contributed by atoms with Gasteiger partial charge in [-0.25, -0.2) is 4.99 Å². The van der Waals surface area contributed by atoms with E-state index < -0.39 is 5.54 Å². The maximum absolute atomic E-state index is 13.5.